The van der Waals surface area contributed by atoms with E-state index in [1.54, 1.807) is 20.2 Å². The Morgan fingerprint density at radius 2 is 1.97 bits per heavy atom. The highest BCUT2D eigenvalue weighted by Crippen LogP contribution is 2.37. The molecule has 2 aromatic heterocycles. The summed E-state index contributed by atoms with van der Waals surface area (Å²) in [5.74, 6) is 1.14. The van der Waals surface area contributed by atoms with Crippen LogP contribution in [-0.2, 0) is 0 Å². The summed E-state index contributed by atoms with van der Waals surface area (Å²) in [5.41, 5.74) is 11.4. The largest absolute Gasteiger partial charge is 0.507 e. The van der Waals surface area contributed by atoms with E-state index in [-0.39, 0.29) is 5.75 Å². The molecule has 3 aromatic rings. The summed E-state index contributed by atoms with van der Waals surface area (Å²) < 4.78 is 0. The highest BCUT2D eigenvalue weighted by Gasteiger charge is 2.40. The lowest BCUT2D eigenvalue weighted by molar-refractivity contribution is 0.455. The van der Waals surface area contributed by atoms with Crippen LogP contribution in [0.4, 0.5) is 11.5 Å². The van der Waals surface area contributed by atoms with Crippen molar-refractivity contribution in [1.29, 1.82) is 0 Å². The summed E-state index contributed by atoms with van der Waals surface area (Å²) in [6.45, 7) is 6.11. The molecule has 5 rings (SSSR count). The van der Waals surface area contributed by atoms with Crippen LogP contribution in [0.3, 0.4) is 0 Å². The minimum atomic E-state index is 0.146. The van der Waals surface area contributed by atoms with Gasteiger partial charge in [0, 0.05) is 60.3 Å². The SMILES string of the molecule is CN=Cc1cc(-c2ccc3nc(N4CC[C@@H](NC5(C)CC5)C4)ccc3n2)c(O)c(C)c1N. The standard InChI is InChI=1S/C25H30N6O/c1-15-23(26)16(13-27-3)12-18(24(15)32)19-4-5-21-20(28-19)6-7-22(29-21)31-11-8-17(14-31)30-25(2)9-10-25/h4-7,12-13,17,30,32H,8-11,14,26H2,1-3H3/t17-/m1/s1. The summed E-state index contributed by atoms with van der Waals surface area (Å²) in [7, 11) is 1.70. The number of nitrogens with one attached hydrogen (secondary N) is 1. The number of anilines is 2. The van der Waals surface area contributed by atoms with Crippen LogP contribution in [0.2, 0.25) is 0 Å². The van der Waals surface area contributed by atoms with Gasteiger partial charge in [-0.05, 0) is 63.4 Å². The fourth-order valence-electron chi connectivity index (χ4n) is 4.52. The average Bonchev–Trinajstić information content (AvgIpc) is 3.33. The lowest BCUT2D eigenvalue weighted by Gasteiger charge is -2.21. The first-order valence-electron chi connectivity index (χ1n) is 11.2. The number of nitrogens with two attached hydrogens (primary N) is 1. The maximum absolute atomic E-state index is 10.7. The van der Waals surface area contributed by atoms with E-state index >= 15 is 0 Å². The Morgan fingerprint density at radius 1 is 1.22 bits per heavy atom. The number of nitrogens with zero attached hydrogens (tertiary/aromatic N) is 4. The zero-order valence-corrected chi connectivity index (χ0v) is 18.9. The fraction of sp³-hybridized carbons (Fsp3) is 0.400. The first kappa shape index (κ1) is 20.7. The van der Waals surface area contributed by atoms with E-state index in [1.165, 1.54) is 12.8 Å². The molecule has 3 heterocycles. The summed E-state index contributed by atoms with van der Waals surface area (Å²) in [6.07, 6.45) is 5.40. The van der Waals surface area contributed by atoms with E-state index in [2.05, 4.69) is 22.1 Å². The number of pyridine rings is 2. The number of phenols is 1. The Labute approximate surface area is 188 Å². The second kappa shape index (κ2) is 7.74. The number of rotatable bonds is 5. The van der Waals surface area contributed by atoms with Crippen LogP contribution in [-0.4, -0.2) is 53.0 Å². The van der Waals surface area contributed by atoms with Crippen molar-refractivity contribution in [3.8, 4) is 17.0 Å². The van der Waals surface area contributed by atoms with Gasteiger partial charge in [-0.1, -0.05) is 0 Å². The number of fused-ring (bicyclic) bond motifs is 1. The first-order chi connectivity index (χ1) is 15.4. The number of aromatic nitrogens is 2. The average molecular weight is 431 g/mol. The van der Waals surface area contributed by atoms with Gasteiger partial charge >= 0.3 is 0 Å². The van der Waals surface area contributed by atoms with Crippen molar-refractivity contribution >= 4 is 28.8 Å². The molecule has 7 nitrogen and oxygen atoms in total. The van der Waals surface area contributed by atoms with Crippen molar-refractivity contribution in [1.82, 2.24) is 15.3 Å². The van der Waals surface area contributed by atoms with Crippen LogP contribution in [0, 0.1) is 6.92 Å². The third-order valence-electron chi connectivity index (χ3n) is 6.76. The Morgan fingerprint density at radius 3 is 2.72 bits per heavy atom. The molecule has 2 aliphatic rings. The number of nitrogen functional groups attached to an aromatic ring is 1. The zero-order chi connectivity index (χ0) is 22.5. The molecule has 0 amide bonds. The smallest absolute Gasteiger partial charge is 0.129 e. The molecule has 0 spiro atoms. The summed E-state index contributed by atoms with van der Waals surface area (Å²) in [6, 6.07) is 10.3. The third-order valence-corrected chi connectivity index (χ3v) is 6.76. The Balaban J connectivity index is 1.43. The van der Waals surface area contributed by atoms with Gasteiger partial charge in [0.05, 0.1) is 16.7 Å². The van der Waals surface area contributed by atoms with Gasteiger partial charge in [0.2, 0.25) is 0 Å². The molecule has 1 saturated carbocycles. The van der Waals surface area contributed by atoms with Crippen molar-refractivity contribution in [3.05, 3.63) is 41.5 Å². The second-order valence-corrected chi connectivity index (χ2v) is 9.33. The van der Waals surface area contributed by atoms with Crippen LogP contribution in [0.1, 0.15) is 37.3 Å². The molecule has 7 heteroatoms. The van der Waals surface area contributed by atoms with Gasteiger partial charge in [0.15, 0.2) is 0 Å². The number of benzene rings is 1. The van der Waals surface area contributed by atoms with Gasteiger partial charge in [-0.25, -0.2) is 9.97 Å². The monoisotopic (exact) mass is 430 g/mol. The Bertz CT molecular complexity index is 1220. The summed E-state index contributed by atoms with van der Waals surface area (Å²) in [4.78, 5) is 16.1. The number of hydrogen-bond acceptors (Lipinski definition) is 7. The van der Waals surface area contributed by atoms with E-state index < -0.39 is 0 Å². The quantitative estimate of drug-likeness (QED) is 0.422. The van der Waals surface area contributed by atoms with Gasteiger partial charge in [0.1, 0.15) is 11.6 Å². The van der Waals surface area contributed by atoms with Gasteiger partial charge in [-0.15, -0.1) is 0 Å². The van der Waals surface area contributed by atoms with Crippen molar-refractivity contribution in [2.24, 2.45) is 4.99 Å². The van der Waals surface area contributed by atoms with Crippen LogP contribution in [0.15, 0.2) is 35.3 Å². The Kier molecular flexibility index (Phi) is 5.01. The molecule has 2 fully saturated rings. The Hall–Kier alpha value is -3.19. The first-order valence-corrected chi connectivity index (χ1v) is 11.2. The fourth-order valence-corrected chi connectivity index (χ4v) is 4.52. The van der Waals surface area contributed by atoms with Crippen LogP contribution < -0.4 is 16.0 Å². The molecule has 1 aliphatic heterocycles. The molecule has 1 atom stereocenters. The molecular weight excluding hydrogens is 400 g/mol. The zero-order valence-electron chi connectivity index (χ0n) is 18.9. The van der Waals surface area contributed by atoms with Gasteiger partial charge in [-0.3, -0.25) is 4.99 Å². The topological polar surface area (TPSA) is 99.7 Å². The third kappa shape index (κ3) is 3.77. The minimum absolute atomic E-state index is 0.146. The molecule has 4 N–H and O–H groups in total. The predicted molar refractivity (Wildman–Crippen MR) is 131 cm³/mol. The molecule has 1 saturated heterocycles. The number of aliphatic imine (C=N–C) groups is 1. The molecular formula is C25H30N6O. The van der Waals surface area contributed by atoms with Crippen molar-refractivity contribution in [2.75, 3.05) is 30.8 Å². The van der Waals surface area contributed by atoms with E-state index in [0.29, 0.717) is 34.1 Å². The lowest BCUT2D eigenvalue weighted by atomic mass is 10.00. The molecule has 1 aliphatic carbocycles. The number of phenolic OH excluding ortho intramolecular Hbond substituents is 1. The van der Waals surface area contributed by atoms with Gasteiger partial charge in [0.25, 0.3) is 0 Å². The van der Waals surface area contributed by atoms with E-state index in [1.807, 2.05) is 30.3 Å². The van der Waals surface area contributed by atoms with E-state index in [4.69, 9.17) is 15.7 Å². The normalized spacial score (nSPS) is 19.8. The number of hydrogen-bond donors (Lipinski definition) is 3. The maximum Gasteiger partial charge on any atom is 0.129 e. The maximum atomic E-state index is 10.7. The highest BCUT2D eigenvalue weighted by atomic mass is 16.3. The molecule has 0 radical (unpaired) electrons. The molecule has 1 aromatic carbocycles. The number of aromatic hydroxyl groups is 1. The molecule has 0 unspecified atom stereocenters. The highest BCUT2D eigenvalue weighted by molar-refractivity contribution is 5.93. The minimum Gasteiger partial charge on any atom is -0.507 e. The van der Waals surface area contributed by atoms with E-state index in [0.717, 1.165) is 41.9 Å². The molecule has 32 heavy (non-hydrogen) atoms. The van der Waals surface area contributed by atoms with Crippen molar-refractivity contribution in [2.45, 2.75) is 44.7 Å². The van der Waals surface area contributed by atoms with E-state index in [9.17, 15) is 5.11 Å². The van der Waals surface area contributed by atoms with Gasteiger partial charge in [-0.2, -0.15) is 0 Å². The molecule has 166 valence electrons. The van der Waals surface area contributed by atoms with Crippen LogP contribution >= 0.6 is 0 Å². The van der Waals surface area contributed by atoms with Gasteiger partial charge < -0.3 is 21.1 Å². The summed E-state index contributed by atoms with van der Waals surface area (Å²) in [5, 5.41) is 14.5. The van der Waals surface area contributed by atoms with Crippen LogP contribution in [0.25, 0.3) is 22.3 Å². The van der Waals surface area contributed by atoms with Crippen molar-refractivity contribution < 1.29 is 5.11 Å². The van der Waals surface area contributed by atoms with Crippen molar-refractivity contribution in [3.63, 3.8) is 0 Å². The predicted octanol–water partition coefficient (Wildman–Crippen LogP) is 3.66. The second-order valence-electron chi connectivity index (χ2n) is 9.33. The lowest BCUT2D eigenvalue weighted by Crippen LogP contribution is -2.40. The summed E-state index contributed by atoms with van der Waals surface area (Å²) >= 11 is 0. The molecule has 0 bridgehead atoms. The van der Waals surface area contributed by atoms with Crippen LogP contribution in [0.5, 0.6) is 5.75 Å².